The fourth-order valence-electron chi connectivity index (χ4n) is 2.73. The van der Waals surface area contributed by atoms with Crippen molar-refractivity contribution in [3.8, 4) is 0 Å². The maximum atomic E-state index is 4.60. The van der Waals surface area contributed by atoms with Crippen molar-refractivity contribution in [2.45, 2.75) is 46.3 Å². The summed E-state index contributed by atoms with van der Waals surface area (Å²) in [7, 11) is 0. The number of hydrogen-bond acceptors (Lipinski definition) is 4. The number of aromatic nitrogens is 1. The van der Waals surface area contributed by atoms with E-state index in [2.05, 4.69) is 59.9 Å². The van der Waals surface area contributed by atoms with E-state index >= 15 is 0 Å². The van der Waals surface area contributed by atoms with Crippen LogP contribution in [-0.2, 0) is 13.1 Å². The lowest BCUT2D eigenvalue weighted by Crippen LogP contribution is -2.53. The Hall–Kier alpha value is -0.970. The molecule has 0 bridgehead atoms. The number of piperazine rings is 1. The molecule has 0 saturated carbocycles. The van der Waals surface area contributed by atoms with Crippen molar-refractivity contribution in [2.24, 2.45) is 0 Å². The van der Waals surface area contributed by atoms with Gasteiger partial charge in [0.2, 0.25) is 0 Å². The minimum Gasteiger partial charge on any atom is -0.313 e. The Bertz CT molecular complexity index is 413. The molecule has 0 aliphatic carbocycles. The van der Waals surface area contributed by atoms with Gasteiger partial charge in [-0.25, -0.2) is 0 Å². The number of hydrogen-bond donors (Lipinski definition) is 1. The molecule has 1 fully saturated rings. The number of nitrogens with one attached hydrogen (secondary N) is 1. The summed E-state index contributed by atoms with van der Waals surface area (Å²) in [6, 6.07) is 4.36. The molecule has 0 atom stereocenters. The first-order chi connectivity index (χ1) is 9.99. The second-order valence-electron chi connectivity index (χ2n) is 6.87. The fraction of sp³-hybridized carbons (Fsp3) is 0.706. The van der Waals surface area contributed by atoms with Crippen LogP contribution in [0.2, 0.25) is 0 Å². The molecule has 0 amide bonds. The van der Waals surface area contributed by atoms with E-state index in [1.807, 2.05) is 6.20 Å². The van der Waals surface area contributed by atoms with Gasteiger partial charge in [-0.05, 0) is 38.9 Å². The molecule has 1 aromatic rings. The largest absolute Gasteiger partial charge is 0.313 e. The third-order valence-corrected chi connectivity index (χ3v) is 4.17. The van der Waals surface area contributed by atoms with Gasteiger partial charge in [0.15, 0.2) is 0 Å². The predicted octanol–water partition coefficient (Wildman–Crippen LogP) is 2.11. The zero-order valence-corrected chi connectivity index (χ0v) is 14.0. The van der Waals surface area contributed by atoms with E-state index in [-0.39, 0.29) is 5.54 Å². The van der Waals surface area contributed by atoms with Gasteiger partial charge >= 0.3 is 0 Å². The van der Waals surface area contributed by atoms with Crippen LogP contribution in [0, 0.1) is 0 Å². The van der Waals surface area contributed by atoms with Crippen molar-refractivity contribution in [1.29, 1.82) is 0 Å². The maximum absolute atomic E-state index is 4.60. The Kier molecular flexibility index (Phi) is 5.73. The van der Waals surface area contributed by atoms with E-state index in [9.17, 15) is 0 Å². The van der Waals surface area contributed by atoms with Gasteiger partial charge in [-0.15, -0.1) is 0 Å². The summed E-state index contributed by atoms with van der Waals surface area (Å²) in [6.07, 6.45) is 2.00. The maximum Gasteiger partial charge on any atom is 0.0544 e. The summed E-state index contributed by atoms with van der Waals surface area (Å²) in [5.41, 5.74) is 2.73. The van der Waals surface area contributed by atoms with Crippen molar-refractivity contribution in [2.75, 3.05) is 32.7 Å². The van der Waals surface area contributed by atoms with Crippen LogP contribution in [0.4, 0.5) is 0 Å². The first-order valence-corrected chi connectivity index (χ1v) is 8.11. The predicted molar refractivity (Wildman–Crippen MR) is 88.2 cm³/mol. The first-order valence-electron chi connectivity index (χ1n) is 8.11. The van der Waals surface area contributed by atoms with Gasteiger partial charge in [-0.3, -0.25) is 14.8 Å². The molecule has 1 aliphatic rings. The van der Waals surface area contributed by atoms with E-state index in [1.165, 1.54) is 11.3 Å². The van der Waals surface area contributed by atoms with Gasteiger partial charge in [0.05, 0.1) is 5.69 Å². The van der Waals surface area contributed by atoms with Crippen LogP contribution in [-0.4, -0.2) is 53.0 Å². The van der Waals surface area contributed by atoms with Gasteiger partial charge in [0, 0.05) is 51.0 Å². The number of pyridine rings is 1. The van der Waals surface area contributed by atoms with Crippen LogP contribution in [0.25, 0.3) is 0 Å². The quantitative estimate of drug-likeness (QED) is 0.900. The monoisotopic (exact) mass is 290 g/mol. The molecule has 2 rings (SSSR count). The summed E-state index contributed by atoms with van der Waals surface area (Å²) < 4.78 is 0. The Labute approximate surface area is 129 Å². The lowest BCUT2D eigenvalue weighted by atomic mass is 10.0. The molecule has 21 heavy (non-hydrogen) atoms. The number of rotatable bonds is 5. The second-order valence-corrected chi connectivity index (χ2v) is 6.87. The molecule has 118 valence electrons. The van der Waals surface area contributed by atoms with E-state index in [1.54, 1.807) is 0 Å². The molecule has 0 aromatic carbocycles. The van der Waals surface area contributed by atoms with Crippen molar-refractivity contribution in [1.82, 2.24) is 20.1 Å². The van der Waals surface area contributed by atoms with E-state index in [0.29, 0.717) is 0 Å². The minimum atomic E-state index is 0.290. The van der Waals surface area contributed by atoms with Crippen LogP contribution in [0.3, 0.4) is 0 Å². The Morgan fingerprint density at radius 3 is 2.38 bits per heavy atom. The normalized spacial score (nSPS) is 18.1. The van der Waals surface area contributed by atoms with Crippen LogP contribution >= 0.6 is 0 Å². The fourth-order valence-corrected chi connectivity index (χ4v) is 2.73. The van der Waals surface area contributed by atoms with E-state index in [0.717, 1.165) is 45.8 Å². The molecule has 4 heteroatoms. The first kappa shape index (κ1) is 16.4. The summed E-state index contributed by atoms with van der Waals surface area (Å²) >= 11 is 0. The highest BCUT2D eigenvalue weighted by molar-refractivity contribution is 5.14. The van der Waals surface area contributed by atoms with E-state index in [4.69, 9.17) is 0 Å². The molecule has 0 radical (unpaired) electrons. The van der Waals surface area contributed by atoms with Crippen molar-refractivity contribution < 1.29 is 0 Å². The van der Waals surface area contributed by atoms with Gasteiger partial charge in [0.1, 0.15) is 0 Å². The molecule has 1 aliphatic heterocycles. The third kappa shape index (κ3) is 5.06. The highest BCUT2D eigenvalue weighted by Gasteiger charge is 2.25. The summed E-state index contributed by atoms with van der Waals surface area (Å²) in [5.74, 6) is 0. The SMILES string of the molecule is CCNCc1ccc(CN2CCN(C(C)(C)C)CC2)nc1. The smallest absolute Gasteiger partial charge is 0.0544 e. The topological polar surface area (TPSA) is 31.4 Å². The zero-order chi connectivity index (χ0) is 15.3. The van der Waals surface area contributed by atoms with Crippen LogP contribution in [0.5, 0.6) is 0 Å². The highest BCUT2D eigenvalue weighted by atomic mass is 15.3. The highest BCUT2D eigenvalue weighted by Crippen LogP contribution is 2.16. The van der Waals surface area contributed by atoms with Gasteiger partial charge < -0.3 is 5.32 Å². The molecule has 4 nitrogen and oxygen atoms in total. The molecule has 0 unspecified atom stereocenters. The van der Waals surface area contributed by atoms with Crippen LogP contribution < -0.4 is 5.32 Å². The van der Waals surface area contributed by atoms with Crippen molar-refractivity contribution in [3.05, 3.63) is 29.6 Å². The Morgan fingerprint density at radius 1 is 1.14 bits per heavy atom. The molecule has 1 saturated heterocycles. The lowest BCUT2D eigenvalue weighted by molar-refractivity contribution is 0.0586. The third-order valence-electron chi connectivity index (χ3n) is 4.17. The van der Waals surface area contributed by atoms with Gasteiger partial charge in [-0.1, -0.05) is 13.0 Å². The van der Waals surface area contributed by atoms with Gasteiger partial charge in [0.25, 0.3) is 0 Å². The molecular weight excluding hydrogens is 260 g/mol. The average molecular weight is 290 g/mol. The Morgan fingerprint density at radius 2 is 1.86 bits per heavy atom. The summed E-state index contributed by atoms with van der Waals surface area (Å²) in [6.45, 7) is 16.5. The summed E-state index contributed by atoms with van der Waals surface area (Å²) in [4.78, 5) is 9.67. The van der Waals surface area contributed by atoms with Crippen LogP contribution in [0.15, 0.2) is 18.3 Å². The van der Waals surface area contributed by atoms with Crippen molar-refractivity contribution >= 4 is 0 Å². The van der Waals surface area contributed by atoms with E-state index < -0.39 is 0 Å². The number of nitrogens with zero attached hydrogens (tertiary/aromatic N) is 3. The molecule has 1 aromatic heterocycles. The van der Waals surface area contributed by atoms with Gasteiger partial charge in [-0.2, -0.15) is 0 Å². The molecule has 0 spiro atoms. The standard InChI is InChI=1S/C17H30N4/c1-5-18-12-15-6-7-16(19-13-15)14-20-8-10-21(11-9-20)17(2,3)4/h6-7,13,18H,5,8-12,14H2,1-4H3. The molecule has 1 N–H and O–H groups in total. The average Bonchev–Trinajstić information content (AvgIpc) is 2.46. The molecule has 2 heterocycles. The lowest BCUT2D eigenvalue weighted by Gasteiger charge is -2.42. The second kappa shape index (κ2) is 7.34. The van der Waals surface area contributed by atoms with Crippen molar-refractivity contribution in [3.63, 3.8) is 0 Å². The summed E-state index contributed by atoms with van der Waals surface area (Å²) in [5, 5.41) is 3.33. The van der Waals surface area contributed by atoms with Crippen LogP contribution in [0.1, 0.15) is 39.0 Å². The minimum absolute atomic E-state index is 0.290. The molecular formula is C17H30N4. The zero-order valence-electron chi connectivity index (χ0n) is 14.0. The Balaban J connectivity index is 1.80.